The van der Waals surface area contributed by atoms with Crippen LogP contribution in [-0.2, 0) is 12.8 Å². The highest BCUT2D eigenvalue weighted by atomic mass is 16.5. The maximum Gasteiger partial charge on any atom is 0.132 e. The van der Waals surface area contributed by atoms with Gasteiger partial charge in [0.1, 0.15) is 17.9 Å². The van der Waals surface area contributed by atoms with Gasteiger partial charge in [-0.05, 0) is 43.7 Å². The number of aromatic nitrogens is 2. The molecule has 23 heavy (non-hydrogen) atoms. The molecule has 0 bridgehead atoms. The average Bonchev–Trinajstić information content (AvgIpc) is 2.63. The summed E-state index contributed by atoms with van der Waals surface area (Å²) in [5, 5.41) is 0. The van der Waals surface area contributed by atoms with Crippen LogP contribution in [0.4, 0.5) is 5.82 Å². The van der Waals surface area contributed by atoms with Crippen LogP contribution in [0.15, 0.2) is 36.7 Å². The van der Waals surface area contributed by atoms with Gasteiger partial charge in [0.2, 0.25) is 0 Å². The Morgan fingerprint density at radius 2 is 1.96 bits per heavy atom. The number of para-hydroxylation sites is 1. The van der Waals surface area contributed by atoms with Gasteiger partial charge in [0.15, 0.2) is 0 Å². The Labute approximate surface area is 137 Å². The van der Waals surface area contributed by atoms with Crippen molar-refractivity contribution in [3.05, 3.63) is 47.9 Å². The third-order valence-corrected chi connectivity index (χ3v) is 4.84. The number of rotatable bonds is 3. The molecule has 3 heterocycles. The van der Waals surface area contributed by atoms with Crippen LogP contribution in [-0.4, -0.2) is 29.7 Å². The van der Waals surface area contributed by atoms with Gasteiger partial charge in [-0.15, -0.1) is 0 Å². The van der Waals surface area contributed by atoms with Crippen molar-refractivity contribution in [1.29, 1.82) is 0 Å². The molecule has 1 aromatic carbocycles. The Bertz CT molecular complexity index is 667. The molecule has 0 spiro atoms. The molecule has 4 rings (SSSR count). The lowest BCUT2D eigenvalue weighted by Gasteiger charge is -2.28. The number of fused-ring (bicyclic) bond motifs is 1. The highest BCUT2D eigenvalue weighted by Gasteiger charge is 2.21. The van der Waals surface area contributed by atoms with E-state index in [2.05, 4.69) is 39.1 Å². The molecule has 1 saturated heterocycles. The van der Waals surface area contributed by atoms with Crippen molar-refractivity contribution in [2.24, 2.45) is 5.92 Å². The number of benzene rings is 1. The van der Waals surface area contributed by atoms with E-state index >= 15 is 0 Å². The van der Waals surface area contributed by atoms with Crippen molar-refractivity contribution in [3.8, 4) is 5.75 Å². The standard InChI is InChI=1S/C19H23N3O/c1-4-8-22(9-5-1)19-12-17(20-14-21-19)11-15-10-16-6-2-3-7-18(16)23-13-15/h2-3,6-7,12,14-15H,1,4-5,8-11,13H2. The predicted molar refractivity (Wildman–Crippen MR) is 90.9 cm³/mol. The second-order valence-electron chi connectivity index (χ2n) is 6.61. The van der Waals surface area contributed by atoms with E-state index in [9.17, 15) is 0 Å². The van der Waals surface area contributed by atoms with Gasteiger partial charge in [-0.3, -0.25) is 0 Å². The van der Waals surface area contributed by atoms with E-state index in [4.69, 9.17) is 4.74 Å². The molecule has 4 nitrogen and oxygen atoms in total. The summed E-state index contributed by atoms with van der Waals surface area (Å²) in [6.45, 7) is 3.02. The minimum Gasteiger partial charge on any atom is -0.493 e. The zero-order chi connectivity index (χ0) is 15.5. The van der Waals surface area contributed by atoms with Gasteiger partial charge in [-0.1, -0.05) is 18.2 Å². The van der Waals surface area contributed by atoms with Crippen LogP contribution >= 0.6 is 0 Å². The normalized spacial score (nSPS) is 20.7. The lowest BCUT2D eigenvalue weighted by Crippen LogP contribution is -2.30. The Hall–Kier alpha value is -2.10. The molecular formula is C19H23N3O. The summed E-state index contributed by atoms with van der Waals surface area (Å²) in [6.07, 6.45) is 7.63. The molecule has 1 atom stereocenters. The van der Waals surface area contributed by atoms with Crippen LogP contribution < -0.4 is 9.64 Å². The lowest BCUT2D eigenvalue weighted by atomic mass is 9.93. The van der Waals surface area contributed by atoms with Crippen molar-refractivity contribution in [2.75, 3.05) is 24.6 Å². The zero-order valence-corrected chi connectivity index (χ0v) is 13.4. The van der Waals surface area contributed by atoms with Crippen LogP contribution in [0.25, 0.3) is 0 Å². The number of hydrogen-bond donors (Lipinski definition) is 0. The molecule has 4 heteroatoms. The van der Waals surface area contributed by atoms with E-state index < -0.39 is 0 Å². The SMILES string of the molecule is c1ccc2c(c1)CC(Cc1cc(N3CCCCC3)ncn1)CO2. The van der Waals surface area contributed by atoms with E-state index in [0.29, 0.717) is 5.92 Å². The van der Waals surface area contributed by atoms with Gasteiger partial charge in [0.05, 0.1) is 6.61 Å². The van der Waals surface area contributed by atoms with E-state index in [-0.39, 0.29) is 0 Å². The summed E-state index contributed by atoms with van der Waals surface area (Å²) in [7, 11) is 0. The number of nitrogens with zero attached hydrogens (tertiary/aromatic N) is 3. The third-order valence-electron chi connectivity index (χ3n) is 4.84. The summed E-state index contributed by atoms with van der Waals surface area (Å²) < 4.78 is 5.90. The van der Waals surface area contributed by atoms with Crippen molar-refractivity contribution < 1.29 is 4.74 Å². The fourth-order valence-corrected chi connectivity index (χ4v) is 3.61. The second kappa shape index (κ2) is 6.57. The minimum atomic E-state index is 0.494. The lowest BCUT2D eigenvalue weighted by molar-refractivity contribution is 0.220. The molecule has 0 radical (unpaired) electrons. The fourth-order valence-electron chi connectivity index (χ4n) is 3.61. The van der Waals surface area contributed by atoms with Gasteiger partial charge >= 0.3 is 0 Å². The summed E-state index contributed by atoms with van der Waals surface area (Å²) >= 11 is 0. The first kappa shape index (κ1) is 14.5. The molecule has 1 fully saturated rings. The maximum atomic E-state index is 5.90. The first-order valence-corrected chi connectivity index (χ1v) is 8.65. The van der Waals surface area contributed by atoms with Crippen molar-refractivity contribution >= 4 is 5.82 Å². The molecule has 0 amide bonds. The summed E-state index contributed by atoms with van der Waals surface area (Å²) in [6, 6.07) is 10.5. The maximum absolute atomic E-state index is 5.90. The van der Waals surface area contributed by atoms with Crippen molar-refractivity contribution in [1.82, 2.24) is 9.97 Å². The van der Waals surface area contributed by atoms with Gasteiger partial charge in [-0.2, -0.15) is 0 Å². The first-order chi connectivity index (χ1) is 11.4. The van der Waals surface area contributed by atoms with E-state index in [1.165, 1.54) is 24.8 Å². The van der Waals surface area contributed by atoms with Gasteiger partial charge in [0, 0.05) is 30.8 Å². The smallest absolute Gasteiger partial charge is 0.132 e. The van der Waals surface area contributed by atoms with Crippen molar-refractivity contribution in [2.45, 2.75) is 32.1 Å². The summed E-state index contributed by atoms with van der Waals surface area (Å²) in [4.78, 5) is 11.4. The molecule has 0 N–H and O–H groups in total. The van der Waals surface area contributed by atoms with Crippen LogP contribution in [0.1, 0.15) is 30.5 Å². The second-order valence-corrected chi connectivity index (χ2v) is 6.61. The molecule has 2 aliphatic rings. The number of piperidine rings is 1. The van der Waals surface area contributed by atoms with Crippen LogP contribution in [0.3, 0.4) is 0 Å². The Kier molecular flexibility index (Phi) is 4.14. The largest absolute Gasteiger partial charge is 0.493 e. The molecule has 1 aromatic heterocycles. The molecule has 0 aliphatic carbocycles. The monoisotopic (exact) mass is 309 g/mol. The number of hydrogen-bond acceptors (Lipinski definition) is 4. The van der Waals surface area contributed by atoms with Gasteiger partial charge in [-0.25, -0.2) is 9.97 Å². The highest BCUT2D eigenvalue weighted by Crippen LogP contribution is 2.28. The van der Waals surface area contributed by atoms with Gasteiger partial charge in [0.25, 0.3) is 0 Å². The number of ether oxygens (including phenoxy) is 1. The van der Waals surface area contributed by atoms with E-state index in [1.54, 1.807) is 6.33 Å². The topological polar surface area (TPSA) is 38.2 Å². The predicted octanol–water partition coefficient (Wildman–Crippen LogP) is 3.26. The first-order valence-electron chi connectivity index (χ1n) is 8.65. The van der Waals surface area contributed by atoms with Crippen LogP contribution in [0.2, 0.25) is 0 Å². The zero-order valence-electron chi connectivity index (χ0n) is 13.4. The van der Waals surface area contributed by atoms with Gasteiger partial charge < -0.3 is 9.64 Å². The Morgan fingerprint density at radius 3 is 2.87 bits per heavy atom. The van der Waals surface area contributed by atoms with Crippen LogP contribution in [0.5, 0.6) is 5.75 Å². The van der Waals surface area contributed by atoms with E-state index in [0.717, 1.165) is 49.8 Å². The van der Waals surface area contributed by atoms with Crippen molar-refractivity contribution in [3.63, 3.8) is 0 Å². The molecule has 2 aliphatic heterocycles. The fraction of sp³-hybridized carbons (Fsp3) is 0.474. The number of anilines is 1. The molecule has 120 valence electrons. The van der Waals surface area contributed by atoms with E-state index in [1.807, 2.05) is 6.07 Å². The molecule has 2 aromatic rings. The molecule has 0 saturated carbocycles. The molecular weight excluding hydrogens is 286 g/mol. The van der Waals surface area contributed by atoms with Crippen LogP contribution in [0, 0.1) is 5.92 Å². The summed E-state index contributed by atoms with van der Waals surface area (Å²) in [5.74, 6) is 2.63. The summed E-state index contributed by atoms with van der Waals surface area (Å²) in [5.41, 5.74) is 2.45. The quantitative estimate of drug-likeness (QED) is 0.872. The average molecular weight is 309 g/mol. The Morgan fingerprint density at radius 1 is 1.09 bits per heavy atom. The third kappa shape index (κ3) is 3.31. The molecule has 1 unspecified atom stereocenters. The highest BCUT2D eigenvalue weighted by molar-refractivity contribution is 5.40. The Balaban J connectivity index is 1.45. The minimum absolute atomic E-state index is 0.494.